The van der Waals surface area contributed by atoms with E-state index in [0.29, 0.717) is 0 Å². The molecule has 229 valence electrons. The average molecular weight is 794 g/mol. The fourth-order valence-corrected chi connectivity index (χ4v) is 6.44. The summed E-state index contributed by atoms with van der Waals surface area (Å²) in [6.07, 6.45) is 3.70. The van der Waals surface area contributed by atoms with Gasteiger partial charge in [0.05, 0.1) is 5.69 Å². The van der Waals surface area contributed by atoms with E-state index in [-0.39, 0.29) is 35.4 Å². The Labute approximate surface area is 298 Å². The second kappa shape index (κ2) is 14.6. The molecule has 2 heterocycles. The molecule has 3 radical (unpaired) electrons. The molecule has 48 heavy (non-hydrogen) atoms. The van der Waals surface area contributed by atoms with Gasteiger partial charge in [-0.25, -0.2) is 0 Å². The topological polar surface area (TPSA) is 29.0 Å². The molecule has 1 atom stereocenters. The summed E-state index contributed by atoms with van der Waals surface area (Å²) in [5, 5.41) is 0. The number of rotatable bonds is 7. The Hall–Kier alpha value is -5.31. The van der Waals surface area contributed by atoms with E-state index in [1.54, 1.807) is 0 Å². The van der Waals surface area contributed by atoms with Crippen LogP contribution in [0.25, 0.3) is 22.4 Å². The zero-order valence-corrected chi connectivity index (χ0v) is 28.3. The van der Waals surface area contributed by atoms with E-state index in [0.717, 1.165) is 39.6 Å². The number of anilines is 3. The van der Waals surface area contributed by atoms with Crippen LogP contribution in [-0.4, -0.2) is 18.4 Å². The smallest absolute Gasteiger partial charge is 0.352 e. The van der Waals surface area contributed by atoms with Crippen LogP contribution in [0.2, 0.25) is 0 Å². The van der Waals surface area contributed by atoms with Gasteiger partial charge in [0.1, 0.15) is 0 Å². The molecular formula is C43H29BN3Pt. The summed E-state index contributed by atoms with van der Waals surface area (Å²) in [4.78, 5) is 11.7. The predicted molar refractivity (Wildman–Crippen MR) is 193 cm³/mol. The maximum Gasteiger partial charge on any atom is 2.00 e. The number of nitrogens with zero attached hydrogens (tertiary/aromatic N) is 3. The monoisotopic (exact) mass is 793 g/mol. The summed E-state index contributed by atoms with van der Waals surface area (Å²) in [6.45, 7) is 0. The van der Waals surface area contributed by atoms with E-state index in [2.05, 4.69) is 149 Å². The molecule has 1 aliphatic carbocycles. The van der Waals surface area contributed by atoms with E-state index < -0.39 is 0 Å². The summed E-state index contributed by atoms with van der Waals surface area (Å²) in [5.74, 6) is -0.102. The van der Waals surface area contributed by atoms with Crippen molar-refractivity contribution >= 4 is 36.6 Å². The first-order valence-electron chi connectivity index (χ1n) is 15.5. The van der Waals surface area contributed by atoms with Gasteiger partial charge in [-0.3, -0.25) is 4.98 Å². The van der Waals surface area contributed by atoms with Crippen LogP contribution in [0.3, 0.4) is 0 Å². The zero-order chi connectivity index (χ0) is 30.7. The van der Waals surface area contributed by atoms with Crippen LogP contribution in [0, 0.1) is 12.1 Å². The molecule has 1 unspecified atom stereocenters. The molecule has 3 nitrogen and oxygen atoms in total. The Morgan fingerprint density at radius 1 is 0.521 bits per heavy atom. The minimum atomic E-state index is -0.102. The van der Waals surface area contributed by atoms with Gasteiger partial charge in [-0.15, -0.1) is 47.0 Å². The predicted octanol–water partition coefficient (Wildman–Crippen LogP) is 9.94. The summed E-state index contributed by atoms with van der Waals surface area (Å²) < 4.78 is 0. The molecule has 0 saturated heterocycles. The Balaban J connectivity index is 0.00000201. The minimum Gasteiger partial charge on any atom is -0.352 e. The number of allylic oxidation sites excluding steroid dienone is 1. The van der Waals surface area contributed by atoms with Crippen LogP contribution in [0.4, 0.5) is 17.1 Å². The second-order valence-electron chi connectivity index (χ2n) is 11.2. The number of fused-ring (bicyclic) bond motifs is 1. The van der Waals surface area contributed by atoms with Crippen molar-refractivity contribution in [2.24, 2.45) is 0 Å². The summed E-state index contributed by atoms with van der Waals surface area (Å²) in [6, 6.07) is 62.2. The number of aromatic nitrogens is 2. The largest absolute Gasteiger partial charge is 2.00 e. The molecule has 0 N–H and O–H groups in total. The van der Waals surface area contributed by atoms with Crippen LogP contribution in [-0.2, 0) is 21.1 Å². The Morgan fingerprint density at radius 3 is 1.81 bits per heavy atom. The van der Waals surface area contributed by atoms with Gasteiger partial charge in [0.2, 0.25) is 0 Å². The van der Waals surface area contributed by atoms with Gasteiger partial charge in [0.15, 0.2) is 0 Å². The number of pyridine rings is 2. The maximum absolute atomic E-state index is 4.92. The van der Waals surface area contributed by atoms with Crippen molar-refractivity contribution in [3.8, 4) is 11.3 Å². The van der Waals surface area contributed by atoms with Crippen molar-refractivity contribution in [1.29, 1.82) is 0 Å². The van der Waals surface area contributed by atoms with Gasteiger partial charge in [-0.2, -0.15) is 12.1 Å². The van der Waals surface area contributed by atoms with Gasteiger partial charge in [0, 0.05) is 32.4 Å². The van der Waals surface area contributed by atoms with Gasteiger partial charge in [-0.1, -0.05) is 108 Å². The van der Waals surface area contributed by atoms with E-state index in [4.69, 9.17) is 4.98 Å². The number of benzene rings is 5. The molecule has 2 aromatic heterocycles. The minimum absolute atomic E-state index is 0. The second-order valence-corrected chi connectivity index (χ2v) is 11.2. The standard InChI is InChI=1S/C43H29N3.B.Pt/c1-4-15-31(16-5-1)41-37-26-25-36(30-38(37)43(40-24-11-13-28-45-40)42(41)32-17-6-2-7-18-32)46(34-20-8-3-9-21-34)35-22-14-19-33(29-35)39-23-10-12-27-44-39;;/h1-28,43H;;/q-2;;+2. The van der Waals surface area contributed by atoms with Crippen molar-refractivity contribution in [1.82, 2.24) is 9.97 Å². The van der Waals surface area contributed by atoms with E-state index >= 15 is 0 Å². The number of hydrogen-bond donors (Lipinski definition) is 0. The van der Waals surface area contributed by atoms with Crippen molar-refractivity contribution in [2.75, 3.05) is 4.90 Å². The van der Waals surface area contributed by atoms with Crippen LogP contribution >= 0.6 is 0 Å². The SMILES string of the molecule is [B].[Pt+2].[c-]1c(-c2ccccn2)cccc1N(c1[c-]c2c(cc1)C(c1ccccc1)=C(c1ccccc1)C2c1ccccn1)c1ccccc1. The summed E-state index contributed by atoms with van der Waals surface area (Å²) in [5.41, 5.74) is 12.8. The van der Waals surface area contributed by atoms with E-state index in [1.165, 1.54) is 27.8 Å². The number of hydrogen-bond acceptors (Lipinski definition) is 3. The fraction of sp³-hybridized carbons (Fsp3) is 0.0233. The zero-order valence-electron chi connectivity index (χ0n) is 26.0. The first kappa shape index (κ1) is 32.6. The third-order valence-corrected chi connectivity index (χ3v) is 8.42. The van der Waals surface area contributed by atoms with Crippen LogP contribution in [0.5, 0.6) is 0 Å². The molecule has 8 rings (SSSR count). The van der Waals surface area contributed by atoms with Crippen molar-refractivity contribution in [3.63, 3.8) is 0 Å². The number of para-hydroxylation sites is 1. The van der Waals surface area contributed by atoms with Gasteiger partial charge in [-0.05, 0) is 58.4 Å². The Bertz CT molecular complexity index is 2140. The molecule has 0 spiro atoms. The molecule has 0 bridgehead atoms. The van der Waals surface area contributed by atoms with E-state index in [1.807, 2.05) is 42.7 Å². The van der Waals surface area contributed by atoms with Crippen molar-refractivity contribution in [2.45, 2.75) is 5.92 Å². The molecule has 5 aromatic carbocycles. The first-order chi connectivity index (χ1) is 22.8. The van der Waals surface area contributed by atoms with E-state index in [9.17, 15) is 0 Å². The first-order valence-corrected chi connectivity index (χ1v) is 15.5. The maximum atomic E-state index is 4.92. The van der Waals surface area contributed by atoms with Crippen LogP contribution < -0.4 is 4.90 Å². The molecule has 0 amide bonds. The molecular weight excluding hydrogens is 764 g/mol. The molecule has 0 saturated carbocycles. The quantitative estimate of drug-likeness (QED) is 0.119. The van der Waals surface area contributed by atoms with Crippen molar-refractivity contribution < 1.29 is 21.1 Å². The third kappa shape index (κ3) is 6.20. The summed E-state index contributed by atoms with van der Waals surface area (Å²) >= 11 is 0. The van der Waals surface area contributed by atoms with Crippen molar-refractivity contribution in [3.05, 3.63) is 210 Å². The Kier molecular flexibility index (Phi) is 9.95. The summed E-state index contributed by atoms with van der Waals surface area (Å²) in [7, 11) is 0. The molecule has 1 aliphatic rings. The fourth-order valence-electron chi connectivity index (χ4n) is 6.44. The van der Waals surface area contributed by atoms with Crippen LogP contribution in [0.1, 0.15) is 33.9 Å². The Morgan fingerprint density at radius 2 is 1.15 bits per heavy atom. The van der Waals surface area contributed by atoms with Gasteiger partial charge < -0.3 is 9.88 Å². The van der Waals surface area contributed by atoms with Gasteiger partial charge in [0.25, 0.3) is 0 Å². The molecule has 0 fully saturated rings. The molecule has 7 aromatic rings. The average Bonchev–Trinajstić information content (AvgIpc) is 3.48. The molecule has 5 heteroatoms. The third-order valence-electron chi connectivity index (χ3n) is 8.42. The molecule has 0 aliphatic heterocycles. The normalized spacial score (nSPS) is 13.2. The van der Waals surface area contributed by atoms with Gasteiger partial charge >= 0.3 is 21.1 Å². The van der Waals surface area contributed by atoms with Crippen LogP contribution in [0.15, 0.2) is 170 Å².